The summed E-state index contributed by atoms with van der Waals surface area (Å²) in [5.74, 6) is 0.163. The van der Waals surface area contributed by atoms with Gasteiger partial charge >= 0.3 is 5.97 Å². The van der Waals surface area contributed by atoms with Crippen LogP contribution in [0.2, 0.25) is 0 Å². The van der Waals surface area contributed by atoms with Crippen molar-refractivity contribution >= 4 is 23.0 Å². The number of carbonyl (C=O) groups excluding carboxylic acids is 1. The predicted molar refractivity (Wildman–Crippen MR) is 118 cm³/mol. The second-order valence-corrected chi connectivity index (χ2v) is 10.3. The molecule has 0 N–H and O–H groups in total. The fourth-order valence-corrected chi connectivity index (χ4v) is 4.67. The average Bonchev–Trinajstić information content (AvgIpc) is 3.17. The Balaban J connectivity index is 1.63. The number of non-ortho nitro benzene ring substituents is 1. The quantitative estimate of drug-likeness (QED) is 0.375. The number of nitro groups is 1. The monoisotopic (exact) mass is 431 g/mol. The summed E-state index contributed by atoms with van der Waals surface area (Å²) < 4.78 is 5.61. The lowest BCUT2D eigenvalue weighted by Gasteiger charge is -2.41. The zero-order valence-corrected chi connectivity index (χ0v) is 19.0. The number of aromatic nitrogens is 1. The summed E-state index contributed by atoms with van der Waals surface area (Å²) in [5.41, 5.74) is -0.135. The van der Waals surface area contributed by atoms with E-state index >= 15 is 0 Å². The molecule has 2 aromatic rings. The molecule has 0 saturated carbocycles. The Kier molecular flexibility index (Phi) is 6.29. The van der Waals surface area contributed by atoms with E-state index in [9.17, 15) is 14.9 Å². The fraction of sp³-hybridized carbons (Fsp3) is 0.545. The van der Waals surface area contributed by atoms with Gasteiger partial charge in [0.2, 0.25) is 0 Å². The number of nitro benzene ring substituents is 1. The Morgan fingerprint density at radius 2 is 1.77 bits per heavy atom. The van der Waals surface area contributed by atoms with Crippen molar-refractivity contribution in [2.24, 2.45) is 0 Å². The highest BCUT2D eigenvalue weighted by Gasteiger charge is 2.40. The fourth-order valence-electron chi connectivity index (χ4n) is 3.57. The maximum atomic E-state index is 12.6. The molecule has 1 fully saturated rings. The summed E-state index contributed by atoms with van der Waals surface area (Å²) in [6.45, 7) is 11.1. The van der Waals surface area contributed by atoms with E-state index in [1.165, 1.54) is 12.1 Å². The molecule has 2 heterocycles. The van der Waals surface area contributed by atoms with Crippen LogP contribution in [0.4, 0.5) is 5.69 Å². The van der Waals surface area contributed by atoms with Crippen LogP contribution in [0, 0.1) is 10.1 Å². The molecule has 0 spiro atoms. The first kappa shape index (κ1) is 22.4. The van der Waals surface area contributed by atoms with Crippen molar-refractivity contribution in [3.8, 4) is 10.4 Å². The first-order valence-electron chi connectivity index (χ1n) is 10.2. The van der Waals surface area contributed by atoms with Gasteiger partial charge in [0.25, 0.3) is 5.69 Å². The molecule has 0 atom stereocenters. The van der Waals surface area contributed by atoms with Gasteiger partial charge in [0, 0.05) is 24.2 Å². The topological polar surface area (TPSA) is 85.6 Å². The summed E-state index contributed by atoms with van der Waals surface area (Å²) >= 11 is 1.64. The molecule has 1 aliphatic rings. The minimum atomic E-state index is -0.662. The van der Waals surface area contributed by atoms with E-state index in [1.807, 2.05) is 40.8 Å². The van der Waals surface area contributed by atoms with Crippen molar-refractivity contribution in [1.29, 1.82) is 0 Å². The SMILES string of the molecule is CC(C)(C)OC(=O)C(C)(C)N1CCC(c2ncc(-c3ccc([N+](=O)[O-])cc3)s2)CC1. The van der Waals surface area contributed by atoms with Crippen LogP contribution in [0.1, 0.15) is 58.4 Å². The van der Waals surface area contributed by atoms with Gasteiger partial charge in [0.1, 0.15) is 11.1 Å². The van der Waals surface area contributed by atoms with E-state index in [4.69, 9.17) is 4.74 Å². The number of thiazole rings is 1. The summed E-state index contributed by atoms with van der Waals surface area (Å²) in [4.78, 5) is 30.9. The van der Waals surface area contributed by atoms with E-state index < -0.39 is 16.1 Å². The Bertz CT molecular complexity index is 907. The molecule has 3 rings (SSSR count). The van der Waals surface area contributed by atoms with Gasteiger partial charge in [-0.3, -0.25) is 19.8 Å². The Labute approximate surface area is 181 Å². The van der Waals surface area contributed by atoms with Crippen molar-refractivity contribution in [2.45, 2.75) is 64.5 Å². The molecular formula is C22H29N3O4S. The molecule has 1 saturated heterocycles. The maximum Gasteiger partial charge on any atom is 0.326 e. The maximum absolute atomic E-state index is 12.6. The summed E-state index contributed by atoms with van der Waals surface area (Å²) in [6, 6.07) is 6.57. The van der Waals surface area contributed by atoms with E-state index in [0.29, 0.717) is 5.92 Å². The molecule has 1 aromatic carbocycles. The van der Waals surface area contributed by atoms with Crippen LogP contribution in [-0.4, -0.2) is 45.0 Å². The second kappa shape index (κ2) is 8.43. The molecular weight excluding hydrogens is 402 g/mol. The van der Waals surface area contributed by atoms with Gasteiger partial charge in [-0.25, -0.2) is 4.98 Å². The van der Waals surface area contributed by atoms with Crippen molar-refractivity contribution in [1.82, 2.24) is 9.88 Å². The van der Waals surface area contributed by atoms with Gasteiger partial charge in [-0.15, -0.1) is 11.3 Å². The van der Waals surface area contributed by atoms with Gasteiger partial charge in [0.15, 0.2) is 0 Å². The number of likely N-dealkylation sites (tertiary alicyclic amines) is 1. The number of esters is 1. The number of hydrogen-bond acceptors (Lipinski definition) is 7. The van der Waals surface area contributed by atoms with Crippen LogP contribution in [0.25, 0.3) is 10.4 Å². The average molecular weight is 432 g/mol. The molecule has 8 heteroatoms. The van der Waals surface area contributed by atoms with E-state index in [1.54, 1.807) is 23.5 Å². The van der Waals surface area contributed by atoms with Crippen LogP contribution < -0.4 is 0 Å². The third-order valence-corrected chi connectivity index (χ3v) is 6.63. The van der Waals surface area contributed by atoms with Crippen LogP contribution in [0.3, 0.4) is 0 Å². The zero-order valence-electron chi connectivity index (χ0n) is 18.2. The molecule has 162 valence electrons. The second-order valence-electron chi connectivity index (χ2n) is 9.19. The summed E-state index contributed by atoms with van der Waals surface area (Å²) in [5, 5.41) is 11.9. The summed E-state index contributed by atoms with van der Waals surface area (Å²) in [6.07, 6.45) is 3.71. The Morgan fingerprint density at radius 3 is 2.30 bits per heavy atom. The van der Waals surface area contributed by atoms with E-state index in [-0.39, 0.29) is 11.7 Å². The van der Waals surface area contributed by atoms with Gasteiger partial charge in [-0.2, -0.15) is 0 Å². The minimum absolute atomic E-state index is 0.0865. The third kappa shape index (κ3) is 5.05. The molecule has 1 aliphatic heterocycles. The minimum Gasteiger partial charge on any atom is -0.459 e. The van der Waals surface area contributed by atoms with Gasteiger partial charge in [0.05, 0.1) is 14.8 Å². The number of ether oxygens (including phenoxy) is 1. The van der Waals surface area contributed by atoms with Crippen molar-refractivity contribution in [2.75, 3.05) is 13.1 Å². The highest BCUT2D eigenvalue weighted by Crippen LogP contribution is 2.37. The van der Waals surface area contributed by atoms with Crippen molar-refractivity contribution in [3.05, 3.63) is 45.6 Å². The largest absolute Gasteiger partial charge is 0.459 e. The first-order valence-corrected chi connectivity index (χ1v) is 11.0. The molecule has 0 aliphatic carbocycles. The number of benzene rings is 1. The standard InChI is InChI=1S/C22H29N3O4S/c1-21(2,3)29-20(26)22(4,5)24-12-10-16(11-13-24)19-23-14-18(30-19)15-6-8-17(9-7-15)25(27)28/h6-9,14,16H,10-13H2,1-5H3. The molecule has 0 radical (unpaired) electrons. The van der Waals surface area contributed by atoms with Crippen LogP contribution >= 0.6 is 11.3 Å². The molecule has 0 bridgehead atoms. The van der Waals surface area contributed by atoms with Crippen LogP contribution in [-0.2, 0) is 9.53 Å². The smallest absolute Gasteiger partial charge is 0.326 e. The van der Waals surface area contributed by atoms with Crippen LogP contribution in [0.15, 0.2) is 30.5 Å². The lowest BCUT2D eigenvalue weighted by Crippen LogP contribution is -2.54. The molecule has 0 unspecified atom stereocenters. The number of nitrogens with zero attached hydrogens (tertiary/aromatic N) is 3. The number of hydrogen-bond donors (Lipinski definition) is 0. The Hall–Kier alpha value is -2.32. The molecule has 0 amide bonds. The summed E-state index contributed by atoms with van der Waals surface area (Å²) in [7, 11) is 0. The normalized spacial score (nSPS) is 16.4. The molecule has 30 heavy (non-hydrogen) atoms. The lowest BCUT2D eigenvalue weighted by molar-refractivity contribution is -0.384. The van der Waals surface area contributed by atoms with Gasteiger partial charge in [-0.05, 0) is 78.2 Å². The predicted octanol–water partition coefficient (Wildman–Crippen LogP) is 5.02. The van der Waals surface area contributed by atoms with Gasteiger partial charge in [-0.1, -0.05) is 0 Å². The highest BCUT2D eigenvalue weighted by molar-refractivity contribution is 7.15. The van der Waals surface area contributed by atoms with Crippen molar-refractivity contribution in [3.63, 3.8) is 0 Å². The third-order valence-electron chi connectivity index (χ3n) is 5.42. The van der Waals surface area contributed by atoms with Crippen molar-refractivity contribution < 1.29 is 14.5 Å². The molecule has 7 nitrogen and oxygen atoms in total. The van der Waals surface area contributed by atoms with Gasteiger partial charge < -0.3 is 4.74 Å². The van der Waals surface area contributed by atoms with Crippen LogP contribution in [0.5, 0.6) is 0 Å². The first-order chi connectivity index (χ1) is 14.0. The Morgan fingerprint density at radius 1 is 1.17 bits per heavy atom. The highest BCUT2D eigenvalue weighted by atomic mass is 32.1. The zero-order chi connectivity index (χ0) is 22.1. The number of piperidine rings is 1. The number of rotatable bonds is 5. The molecule has 1 aromatic heterocycles. The van der Waals surface area contributed by atoms with E-state index in [2.05, 4.69) is 9.88 Å². The lowest BCUT2D eigenvalue weighted by atomic mass is 9.92. The van der Waals surface area contributed by atoms with E-state index in [0.717, 1.165) is 41.4 Å². The number of carbonyl (C=O) groups is 1.